The van der Waals surface area contributed by atoms with Gasteiger partial charge in [0.1, 0.15) is 30.2 Å². The maximum atomic E-state index is 13.8. The molecule has 134 valence electrons. The maximum absolute atomic E-state index is 13.8. The van der Waals surface area contributed by atoms with Crippen molar-refractivity contribution in [3.05, 3.63) is 37.2 Å². The quantitative estimate of drug-likeness (QED) is 0.766. The van der Waals surface area contributed by atoms with Crippen LogP contribution in [0.4, 0.5) is 4.39 Å². The number of hydrogen-bond acceptors (Lipinski definition) is 7. The first-order valence-electron chi connectivity index (χ1n) is 8.39. The first-order valence-corrected chi connectivity index (χ1v) is 8.39. The smallest absolute Gasteiger partial charge is 0.252 e. The number of alkyl halides is 1. The molecule has 4 rings (SSSR count). The Morgan fingerprint density at radius 2 is 2.04 bits per heavy atom. The van der Waals surface area contributed by atoms with Gasteiger partial charge in [0.05, 0.1) is 11.8 Å². The highest BCUT2D eigenvalue weighted by Gasteiger charge is 2.27. The van der Waals surface area contributed by atoms with E-state index in [1.807, 2.05) is 0 Å². The fourth-order valence-corrected chi connectivity index (χ4v) is 2.92. The number of aromatic hydroxyl groups is 1. The molecule has 3 heterocycles. The average molecular weight is 356 g/mol. The number of imidazole rings is 1. The molecule has 1 fully saturated rings. The topological polar surface area (TPSA) is 98.8 Å². The van der Waals surface area contributed by atoms with Crippen LogP contribution in [-0.2, 0) is 0 Å². The molecule has 0 bridgehead atoms. The van der Waals surface area contributed by atoms with Gasteiger partial charge in [-0.25, -0.2) is 19.3 Å². The summed E-state index contributed by atoms with van der Waals surface area (Å²) in [5.74, 6) is 0.865. The lowest BCUT2D eigenvalue weighted by atomic mass is 9.96. The summed E-state index contributed by atoms with van der Waals surface area (Å²) >= 11 is 0. The molecule has 1 aliphatic rings. The Morgan fingerprint density at radius 3 is 2.73 bits per heavy atom. The summed E-state index contributed by atoms with van der Waals surface area (Å²) in [7, 11) is 0. The second kappa shape index (κ2) is 7.03. The third-order valence-corrected chi connectivity index (χ3v) is 4.31. The number of aromatic nitrogens is 6. The van der Waals surface area contributed by atoms with Crippen molar-refractivity contribution in [2.75, 3.05) is 0 Å². The Morgan fingerprint density at radius 1 is 1.15 bits per heavy atom. The SMILES string of the molecule is Oc1cc(-n2ccnc2)ncc1-c1ncc(O[C@@H]2CCCC[C@H]2F)nn1. The fourth-order valence-electron chi connectivity index (χ4n) is 2.92. The minimum absolute atomic E-state index is 0.0322. The predicted molar refractivity (Wildman–Crippen MR) is 89.6 cm³/mol. The zero-order valence-corrected chi connectivity index (χ0v) is 13.9. The summed E-state index contributed by atoms with van der Waals surface area (Å²) in [6.45, 7) is 0. The van der Waals surface area contributed by atoms with Crippen LogP contribution in [0.1, 0.15) is 25.7 Å². The predicted octanol–water partition coefficient (Wildman–Crippen LogP) is 2.48. The van der Waals surface area contributed by atoms with E-state index >= 15 is 0 Å². The van der Waals surface area contributed by atoms with Gasteiger partial charge < -0.3 is 9.84 Å². The highest BCUT2D eigenvalue weighted by atomic mass is 19.1. The molecule has 3 aromatic rings. The summed E-state index contributed by atoms with van der Waals surface area (Å²) in [5.41, 5.74) is 0.342. The van der Waals surface area contributed by atoms with Crippen LogP contribution in [-0.4, -0.2) is 47.1 Å². The molecule has 9 heteroatoms. The lowest BCUT2D eigenvalue weighted by Crippen LogP contribution is -2.32. The summed E-state index contributed by atoms with van der Waals surface area (Å²) in [5, 5.41) is 18.2. The van der Waals surface area contributed by atoms with E-state index in [2.05, 4.69) is 25.1 Å². The van der Waals surface area contributed by atoms with Gasteiger partial charge in [-0.15, -0.1) is 10.2 Å². The summed E-state index contributed by atoms with van der Waals surface area (Å²) in [4.78, 5) is 12.3. The Bertz CT molecular complexity index is 871. The Kier molecular flexibility index (Phi) is 4.42. The Hall–Kier alpha value is -3.10. The first-order chi connectivity index (χ1) is 12.7. The van der Waals surface area contributed by atoms with Crippen molar-refractivity contribution in [2.45, 2.75) is 38.0 Å². The van der Waals surface area contributed by atoms with E-state index in [4.69, 9.17) is 4.74 Å². The molecular weight excluding hydrogens is 339 g/mol. The van der Waals surface area contributed by atoms with Crippen molar-refractivity contribution in [3.63, 3.8) is 0 Å². The number of halogens is 1. The van der Waals surface area contributed by atoms with Crippen molar-refractivity contribution < 1.29 is 14.2 Å². The van der Waals surface area contributed by atoms with Gasteiger partial charge in [-0.1, -0.05) is 6.42 Å². The highest BCUT2D eigenvalue weighted by molar-refractivity contribution is 5.63. The van der Waals surface area contributed by atoms with Crippen LogP contribution in [0.15, 0.2) is 37.2 Å². The standard InChI is InChI=1S/C17H17FN6O2/c18-12-3-1-2-4-14(12)26-16-9-21-17(23-22-16)11-8-20-15(7-13(11)25)24-6-5-19-10-24/h5-10,12,14H,1-4H2,(H,20,25)/t12-,14-/m1/s1. The van der Waals surface area contributed by atoms with Crippen LogP contribution in [0.3, 0.4) is 0 Å². The lowest BCUT2D eigenvalue weighted by molar-refractivity contribution is 0.0590. The van der Waals surface area contributed by atoms with Crippen molar-refractivity contribution in [1.82, 2.24) is 29.7 Å². The molecule has 3 aromatic heterocycles. The molecule has 0 aromatic carbocycles. The number of rotatable bonds is 4. The van der Waals surface area contributed by atoms with Gasteiger partial charge in [0.2, 0.25) is 0 Å². The molecule has 2 atom stereocenters. The molecule has 0 aliphatic heterocycles. The van der Waals surface area contributed by atoms with Crippen LogP contribution in [0.25, 0.3) is 17.2 Å². The van der Waals surface area contributed by atoms with E-state index < -0.39 is 12.3 Å². The largest absolute Gasteiger partial charge is 0.507 e. The lowest BCUT2D eigenvalue weighted by Gasteiger charge is -2.25. The van der Waals surface area contributed by atoms with Crippen molar-refractivity contribution in [3.8, 4) is 28.8 Å². The maximum Gasteiger partial charge on any atom is 0.252 e. The molecule has 1 saturated carbocycles. The van der Waals surface area contributed by atoms with Crippen molar-refractivity contribution >= 4 is 0 Å². The molecule has 26 heavy (non-hydrogen) atoms. The van der Waals surface area contributed by atoms with Crippen LogP contribution in [0.2, 0.25) is 0 Å². The number of ether oxygens (including phenoxy) is 1. The molecule has 0 amide bonds. The van der Waals surface area contributed by atoms with Gasteiger partial charge in [-0.05, 0) is 19.3 Å². The Balaban J connectivity index is 1.51. The third-order valence-electron chi connectivity index (χ3n) is 4.31. The molecule has 8 nitrogen and oxygen atoms in total. The van der Waals surface area contributed by atoms with E-state index in [0.29, 0.717) is 24.2 Å². The van der Waals surface area contributed by atoms with Crippen LogP contribution >= 0.6 is 0 Å². The third kappa shape index (κ3) is 3.32. The van der Waals surface area contributed by atoms with E-state index in [-0.39, 0.29) is 17.5 Å². The van der Waals surface area contributed by atoms with E-state index in [1.54, 1.807) is 23.3 Å². The number of pyridine rings is 1. The molecule has 0 radical (unpaired) electrons. The van der Waals surface area contributed by atoms with E-state index in [0.717, 1.165) is 12.8 Å². The summed E-state index contributed by atoms with van der Waals surface area (Å²) in [6.07, 6.45) is 9.24. The van der Waals surface area contributed by atoms with Crippen LogP contribution < -0.4 is 4.74 Å². The zero-order valence-electron chi connectivity index (χ0n) is 13.9. The van der Waals surface area contributed by atoms with Crippen molar-refractivity contribution in [1.29, 1.82) is 0 Å². The summed E-state index contributed by atoms with van der Waals surface area (Å²) < 4.78 is 21.1. The Labute approximate surface area is 148 Å². The van der Waals surface area contributed by atoms with Crippen LogP contribution in [0.5, 0.6) is 11.6 Å². The van der Waals surface area contributed by atoms with Gasteiger partial charge in [0.15, 0.2) is 5.82 Å². The van der Waals surface area contributed by atoms with Crippen LogP contribution in [0, 0.1) is 0 Å². The zero-order chi connectivity index (χ0) is 17.9. The van der Waals surface area contributed by atoms with Gasteiger partial charge in [-0.2, -0.15) is 0 Å². The monoisotopic (exact) mass is 356 g/mol. The highest BCUT2D eigenvalue weighted by Crippen LogP contribution is 2.28. The van der Waals surface area contributed by atoms with Gasteiger partial charge >= 0.3 is 0 Å². The second-order valence-corrected chi connectivity index (χ2v) is 6.11. The average Bonchev–Trinajstić information content (AvgIpc) is 3.19. The molecule has 0 spiro atoms. The van der Waals surface area contributed by atoms with Crippen molar-refractivity contribution in [2.24, 2.45) is 0 Å². The van der Waals surface area contributed by atoms with Gasteiger partial charge in [0.25, 0.3) is 5.88 Å². The summed E-state index contributed by atoms with van der Waals surface area (Å²) in [6, 6.07) is 1.49. The molecule has 1 N–H and O–H groups in total. The molecule has 1 aliphatic carbocycles. The van der Waals surface area contributed by atoms with E-state index in [9.17, 15) is 9.50 Å². The van der Waals surface area contributed by atoms with Gasteiger partial charge in [0, 0.05) is 24.7 Å². The first kappa shape index (κ1) is 16.4. The fraction of sp³-hybridized carbons (Fsp3) is 0.353. The minimum atomic E-state index is -0.991. The van der Waals surface area contributed by atoms with E-state index in [1.165, 1.54) is 18.5 Å². The number of nitrogens with zero attached hydrogens (tertiary/aromatic N) is 6. The number of hydrogen-bond donors (Lipinski definition) is 1. The normalized spacial score (nSPS) is 20.0. The molecule has 0 saturated heterocycles. The molecular formula is C17H17FN6O2. The minimum Gasteiger partial charge on any atom is -0.507 e. The molecule has 0 unspecified atom stereocenters. The second-order valence-electron chi connectivity index (χ2n) is 6.11. The van der Waals surface area contributed by atoms with Gasteiger partial charge in [-0.3, -0.25) is 4.57 Å².